The third-order valence-corrected chi connectivity index (χ3v) is 6.72. The van der Waals surface area contributed by atoms with E-state index >= 15 is 0 Å². The van der Waals surface area contributed by atoms with Gasteiger partial charge >= 0.3 is 0 Å². The van der Waals surface area contributed by atoms with Gasteiger partial charge in [0.05, 0.1) is 26.8 Å². The largest absolute Gasteiger partial charge is 0.496 e. The minimum absolute atomic E-state index is 0.0456. The molecule has 7 nitrogen and oxygen atoms in total. The Morgan fingerprint density at radius 1 is 1.03 bits per heavy atom. The summed E-state index contributed by atoms with van der Waals surface area (Å²) in [6, 6.07) is 12.1. The van der Waals surface area contributed by atoms with Crippen molar-refractivity contribution in [2.75, 3.05) is 27.8 Å². The molecule has 2 rings (SSSR count). The summed E-state index contributed by atoms with van der Waals surface area (Å²) in [7, 11) is 0.439. The molecule has 0 saturated heterocycles. The number of nitrogens with one attached hydrogen (secondary N) is 1. The number of ether oxygens (including phenoxy) is 2. The number of likely N-dealkylation sites (N-methyl/N-ethyl adjacent to an activating group) is 1. The van der Waals surface area contributed by atoms with Crippen LogP contribution in [0, 0.1) is 0 Å². The van der Waals surface area contributed by atoms with Crippen molar-refractivity contribution in [2.45, 2.75) is 37.6 Å². The Hall–Kier alpha value is -2.58. The van der Waals surface area contributed by atoms with Crippen LogP contribution in [0.1, 0.15) is 43.9 Å². The normalized spacial score (nSPS) is 12.7. The van der Waals surface area contributed by atoms with Crippen LogP contribution in [0.15, 0.2) is 47.4 Å². The van der Waals surface area contributed by atoms with Crippen LogP contribution in [0.4, 0.5) is 0 Å². The molecule has 8 heteroatoms. The Kier molecular flexibility index (Phi) is 7.86. The molecule has 0 bridgehead atoms. The zero-order chi connectivity index (χ0) is 22.5. The Morgan fingerprint density at radius 3 is 2.27 bits per heavy atom. The first kappa shape index (κ1) is 23.7. The van der Waals surface area contributed by atoms with E-state index in [4.69, 9.17) is 9.47 Å². The molecule has 0 aliphatic carbocycles. The van der Waals surface area contributed by atoms with Crippen molar-refractivity contribution in [3.63, 3.8) is 0 Å². The molecule has 0 heterocycles. The van der Waals surface area contributed by atoms with Crippen LogP contribution in [0.2, 0.25) is 0 Å². The average molecular weight is 435 g/mol. The summed E-state index contributed by atoms with van der Waals surface area (Å²) < 4.78 is 37.9. The number of sulfonamides is 1. The summed E-state index contributed by atoms with van der Waals surface area (Å²) >= 11 is 0. The van der Waals surface area contributed by atoms with Gasteiger partial charge in [0, 0.05) is 12.6 Å². The number of carbonyl (C=O) groups is 1. The zero-order valence-electron chi connectivity index (χ0n) is 18.3. The van der Waals surface area contributed by atoms with Crippen LogP contribution < -0.4 is 14.8 Å². The second-order valence-electron chi connectivity index (χ2n) is 7.36. The molecule has 1 atom stereocenters. The number of hydrogen-bond donors (Lipinski definition) is 1. The van der Waals surface area contributed by atoms with Gasteiger partial charge < -0.3 is 14.8 Å². The number of para-hydroxylation sites is 1. The molecule has 2 aromatic carbocycles. The first-order valence-electron chi connectivity index (χ1n) is 9.68. The van der Waals surface area contributed by atoms with Gasteiger partial charge in [-0.2, -0.15) is 4.31 Å². The highest BCUT2D eigenvalue weighted by molar-refractivity contribution is 7.89. The quantitative estimate of drug-likeness (QED) is 0.654. The topological polar surface area (TPSA) is 84.9 Å². The molecule has 2 aromatic rings. The van der Waals surface area contributed by atoms with Crippen LogP contribution >= 0.6 is 0 Å². The molecule has 1 unspecified atom stereocenters. The van der Waals surface area contributed by atoms with Gasteiger partial charge in [0.2, 0.25) is 15.9 Å². The predicted octanol–water partition coefficient (Wildman–Crippen LogP) is 3.33. The van der Waals surface area contributed by atoms with E-state index in [1.807, 2.05) is 51.1 Å². The predicted molar refractivity (Wildman–Crippen MR) is 116 cm³/mol. The summed E-state index contributed by atoms with van der Waals surface area (Å²) in [5.41, 5.74) is 1.68. The molecular weight excluding hydrogens is 404 g/mol. The molecule has 0 aliphatic heterocycles. The van der Waals surface area contributed by atoms with Gasteiger partial charge in [-0.25, -0.2) is 8.42 Å². The Balaban J connectivity index is 2.19. The number of carbonyl (C=O) groups excluding carboxylic acids is 1. The first-order valence-corrected chi connectivity index (χ1v) is 11.1. The smallest absolute Gasteiger partial charge is 0.246 e. The fourth-order valence-corrected chi connectivity index (χ4v) is 4.41. The molecule has 30 heavy (non-hydrogen) atoms. The van der Waals surface area contributed by atoms with E-state index in [1.54, 1.807) is 19.2 Å². The van der Waals surface area contributed by atoms with E-state index in [9.17, 15) is 13.2 Å². The van der Waals surface area contributed by atoms with Crippen LogP contribution in [0.3, 0.4) is 0 Å². The third-order valence-electron chi connectivity index (χ3n) is 4.89. The number of benzene rings is 2. The van der Waals surface area contributed by atoms with Crippen molar-refractivity contribution in [3.05, 3.63) is 53.6 Å². The second-order valence-corrected chi connectivity index (χ2v) is 9.37. The summed E-state index contributed by atoms with van der Waals surface area (Å²) in [6.45, 7) is 5.46. The SMILES string of the molecule is COc1ccccc1C(C)NC(=O)CN(C)S(=O)(=O)c1cc(C(C)C)ccc1OC. The van der Waals surface area contributed by atoms with Gasteiger partial charge in [0.25, 0.3) is 0 Å². The second kappa shape index (κ2) is 9.95. The molecule has 0 saturated carbocycles. The lowest BCUT2D eigenvalue weighted by molar-refractivity contribution is -0.121. The molecule has 0 radical (unpaired) electrons. The van der Waals surface area contributed by atoms with E-state index in [1.165, 1.54) is 14.2 Å². The number of nitrogens with zero attached hydrogens (tertiary/aromatic N) is 1. The van der Waals surface area contributed by atoms with E-state index in [0.29, 0.717) is 5.75 Å². The first-order chi connectivity index (χ1) is 14.1. The third kappa shape index (κ3) is 5.31. The Labute approximate surface area is 179 Å². The van der Waals surface area contributed by atoms with Crippen molar-refractivity contribution in [2.24, 2.45) is 0 Å². The maximum atomic E-state index is 13.1. The fourth-order valence-electron chi connectivity index (χ4n) is 3.10. The highest BCUT2D eigenvalue weighted by Gasteiger charge is 2.27. The highest BCUT2D eigenvalue weighted by Crippen LogP contribution is 2.30. The van der Waals surface area contributed by atoms with E-state index < -0.39 is 15.9 Å². The van der Waals surface area contributed by atoms with Gasteiger partial charge in [-0.3, -0.25) is 4.79 Å². The average Bonchev–Trinajstić information content (AvgIpc) is 2.72. The zero-order valence-corrected chi connectivity index (χ0v) is 19.1. The van der Waals surface area contributed by atoms with Crippen molar-refractivity contribution in [1.82, 2.24) is 9.62 Å². The molecule has 164 valence electrons. The van der Waals surface area contributed by atoms with Crippen molar-refractivity contribution < 1.29 is 22.7 Å². The van der Waals surface area contributed by atoms with Crippen molar-refractivity contribution >= 4 is 15.9 Å². The summed E-state index contributed by atoms with van der Waals surface area (Å²) in [6.07, 6.45) is 0. The Morgan fingerprint density at radius 2 is 1.67 bits per heavy atom. The lowest BCUT2D eigenvalue weighted by Gasteiger charge is -2.22. The van der Waals surface area contributed by atoms with E-state index in [2.05, 4.69) is 5.32 Å². The van der Waals surface area contributed by atoms with Gasteiger partial charge in [-0.15, -0.1) is 0 Å². The molecule has 0 aromatic heterocycles. The van der Waals surface area contributed by atoms with Gasteiger partial charge in [0.1, 0.15) is 16.4 Å². The molecule has 0 spiro atoms. The summed E-state index contributed by atoms with van der Waals surface area (Å²) in [5.74, 6) is 0.634. The maximum Gasteiger partial charge on any atom is 0.246 e. The molecule has 0 aliphatic rings. The van der Waals surface area contributed by atoms with Crippen LogP contribution in [-0.4, -0.2) is 46.4 Å². The van der Waals surface area contributed by atoms with Crippen LogP contribution in [0.5, 0.6) is 11.5 Å². The lowest BCUT2D eigenvalue weighted by Crippen LogP contribution is -2.39. The Bertz CT molecular complexity index is 989. The standard InChI is InChI=1S/C22H30N2O5S/c1-15(2)17-11-12-20(29-6)21(13-17)30(26,27)24(4)14-22(25)23-16(3)18-9-7-8-10-19(18)28-5/h7-13,15-16H,14H2,1-6H3,(H,23,25). The fraction of sp³-hybridized carbons (Fsp3) is 0.409. The summed E-state index contributed by atoms with van der Waals surface area (Å²) in [4.78, 5) is 12.6. The van der Waals surface area contributed by atoms with Crippen LogP contribution in [-0.2, 0) is 14.8 Å². The molecule has 0 fully saturated rings. The highest BCUT2D eigenvalue weighted by atomic mass is 32.2. The number of methoxy groups -OCH3 is 2. The van der Waals surface area contributed by atoms with Gasteiger partial charge in [0.15, 0.2) is 0 Å². The van der Waals surface area contributed by atoms with Gasteiger partial charge in [-0.1, -0.05) is 38.1 Å². The minimum atomic E-state index is -3.92. The van der Waals surface area contributed by atoms with Crippen molar-refractivity contribution in [1.29, 1.82) is 0 Å². The lowest BCUT2D eigenvalue weighted by atomic mass is 10.0. The molecular formula is C22H30N2O5S. The van der Waals surface area contributed by atoms with E-state index in [0.717, 1.165) is 15.4 Å². The maximum absolute atomic E-state index is 13.1. The van der Waals surface area contributed by atoms with E-state index in [-0.39, 0.29) is 29.1 Å². The van der Waals surface area contributed by atoms with Gasteiger partial charge in [-0.05, 0) is 36.6 Å². The summed E-state index contributed by atoms with van der Waals surface area (Å²) in [5, 5.41) is 2.83. The molecule has 1 amide bonds. The van der Waals surface area contributed by atoms with Crippen molar-refractivity contribution in [3.8, 4) is 11.5 Å². The van der Waals surface area contributed by atoms with Crippen LogP contribution in [0.25, 0.3) is 0 Å². The number of rotatable bonds is 9. The monoisotopic (exact) mass is 434 g/mol. The molecule has 1 N–H and O–H groups in total. The minimum Gasteiger partial charge on any atom is -0.496 e. The number of hydrogen-bond acceptors (Lipinski definition) is 5. The number of amides is 1.